The molecule has 4 heavy (non-hydrogen) atoms. The molecular weight excluding hydrogens is 106 g/mol. The van der Waals surface area contributed by atoms with Crippen LogP contribution in [0.25, 0.3) is 0 Å². The number of hydrogen-bond acceptors (Lipinski definition) is 1. The van der Waals surface area contributed by atoms with Crippen LogP contribution in [0.1, 0.15) is 0 Å². The molecule has 0 heterocycles. The Bertz CT molecular complexity index is 10.8. The molecule has 0 saturated carbocycles. The third kappa shape index (κ3) is 16.3. The quantitative estimate of drug-likeness (QED) is 0.323. The Morgan fingerprint density at radius 3 is 2.00 bits per heavy atom. The van der Waals surface area contributed by atoms with Gasteiger partial charge in [-0.3, -0.25) is 0 Å². The molecule has 22 valence electrons. The van der Waals surface area contributed by atoms with E-state index in [4.69, 9.17) is 16.5 Å². The van der Waals surface area contributed by atoms with Gasteiger partial charge >= 0.3 is 0 Å². The van der Waals surface area contributed by atoms with E-state index in [9.17, 15) is 0 Å². The molecule has 4 heteroatoms. The van der Waals surface area contributed by atoms with Gasteiger partial charge in [0.15, 0.2) is 0 Å². The van der Waals surface area contributed by atoms with Gasteiger partial charge in [0.1, 0.15) is 0 Å². The van der Waals surface area contributed by atoms with Gasteiger partial charge < -0.3 is 5.40 Å². The molecule has 0 saturated heterocycles. The molecule has 0 aliphatic carbocycles. The van der Waals surface area contributed by atoms with Crippen molar-refractivity contribution in [3.05, 3.63) is 0 Å². The Balaban J connectivity index is 2.32. The van der Waals surface area contributed by atoms with Crippen LogP contribution in [0.4, 0.5) is 0 Å². The summed E-state index contributed by atoms with van der Waals surface area (Å²) in [6.45, 7) is 0. The van der Waals surface area contributed by atoms with Crippen molar-refractivity contribution in [3.8, 4) is 0 Å². The predicted octanol–water partition coefficient (Wildman–Crippen LogP) is -0.663. The summed E-state index contributed by atoms with van der Waals surface area (Å²) in [6.07, 6.45) is 0. The van der Waals surface area contributed by atoms with E-state index in [2.05, 4.69) is 9.76 Å². The van der Waals surface area contributed by atoms with E-state index in [1.807, 2.05) is 0 Å². The standard InChI is InChI=1S/ClH2NSi2/c1-4(2)3/h2H2. The van der Waals surface area contributed by atoms with Crippen LogP contribution >= 0.6 is 11.1 Å². The molecule has 0 bridgehead atoms. The molecule has 0 aliphatic rings. The van der Waals surface area contributed by atoms with Gasteiger partial charge in [0.2, 0.25) is 7.79 Å². The minimum atomic E-state index is -1.10. The first-order chi connectivity index (χ1) is 1.73. The lowest BCUT2D eigenvalue weighted by Crippen LogP contribution is -2.16. The van der Waals surface area contributed by atoms with Gasteiger partial charge in [-0.1, -0.05) is 0 Å². The van der Waals surface area contributed by atoms with Gasteiger partial charge in [-0.15, -0.1) is 0 Å². The maximum absolute atomic E-state index is 5.07. The summed E-state index contributed by atoms with van der Waals surface area (Å²) in [7, 11) is 1.85. The lowest BCUT2D eigenvalue weighted by atomic mass is 13.9. The summed E-state index contributed by atoms with van der Waals surface area (Å²) in [5.74, 6) is 0. The first-order valence-corrected chi connectivity index (χ1v) is 4.82. The van der Waals surface area contributed by atoms with Gasteiger partial charge in [-0.25, -0.2) is 0 Å². The van der Waals surface area contributed by atoms with E-state index < -0.39 is 7.79 Å². The van der Waals surface area contributed by atoms with E-state index in [-0.39, 0.29) is 0 Å². The number of rotatable bonds is 0. The highest BCUT2D eigenvalue weighted by Crippen LogP contribution is 1.60. The van der Waals surface area contributed by atoms with Crippen LogP contribution in [0.15, 0.2) is 0 Å². The molecule has 0 rings (SSSR count). The summed E-state index contributed by atoms with van der Waals surface area (Å²) in [5, 5.41) is 4.89. The van der Waals surface area contributed by atoms with Gasteiger partial charge in [0.25, 0.3) is 0 Å². The van der Waals surface area contributed by atoms with Crippen molar-refractivity contribution in [3.63, 3.8) is 0 Å². The van der Waals surface area contributed by atoms with Crippen LogP contribution in [-0.2, 0) is 0 Å². The molecule has 1 nitrogen and oxygen atoms in total. The Morgan fingerprint density at radius 2 is 2.00 bits per heavy atom. The smallest absolute Gasteiger partial charge is 0.220 e. The molecule has 0 spiro atoms. The molecular formula is H2ClNSi2. The van der Waals surface area contributed by atoms with Crippen molar-refractivity contribution in [2.45, 2.75) is 0 Å². The molecule has 0 aromatic heterocycles. The second-order valence-electron chi connectivity index (χ2n) is 0.348. The average Bonchev–Trinajstić information content (AvgIpc) is 0.811. The molecule has 0 aliphatic heterocycles. The highest BCUT2D eigenvalue weighted by molar-refractivity contribution is 7.30. The SMILES string of the molecule is N[Si]([Si])Cl. The first kappa shape index (κ1) is 4.68. The molecule has 0 atom stereocenters. The van der Waals surface area contributed by atoms with Crippen molar-refractivity contribution < 1.29 is 0 Å². The van der Waals surface area contributed by atoms with Crippen molar-refractivity contribution in [2.75, 3.05) is 0 Å². The minimum Gasteiger partial charge on any atom is -0.342 e. The maximum Gasteiger partial charge on any atom is 0.220 e. The molecule has 0 fully saturated rings. The van der Waals surface area contributed by atoms with E-state index >= 15 is 0 Å². The predicted molar refractivity (Wildman–Crippen MR) is 21.5 cm³/mol. The minimum absolute atomic E-state index is 1.10. The van der Waals surface area contributed by atoms with Crippen LogP contribution in [0.2, 0.25) is 0 Å². The van der Waals surface area contributed by atoms with Crippen molar-refractivity contribution in [1.82, 2.24) is 0 Å². The Morgan fingerprint density at radius 1 is 2.00 bits per heavy atom. The Hall–Kier alpha value is 0.684. The third-order valence-electron chi connectivity index (χ3n) is 0. The fourth-order valence-corrected chi connectivity index (χ4v) is 0. The topological polar surface area (TPSA) is 26.0 Å². The van der Waals surface area contributed by atoms with E-state index in [1.54, 1.807) is 0 Å². The lowest BCUT2D eigenvalue weighted by Gasteiger charge is -1.71. The lowest BCUT2D eigenvalue weighted by molar-refractivity contribution is 1.96. The highest BCUT2D eigenvalue weighted by Gasteiger charge is 1.79. The molecule has 2 N–H and O–H groups in total. The van der Waals surface area contributed by atoms with Crippen molar-refractivity contribution >= 4 is 28.6 Å². The average molecular weight is 108 g/mol. The highest BCUT2D eigenvalue weighted by atomic mass is 35.6. The molecule has 0 aromatic carbocycles. The fraction of sp³-hybridized carbons (Fsp3) is 0. The first-order valence-electron chi connectivity index (χ1n) is 0.728. The zero-order valence-electron chi connectivity index (χ0n) is 1.96. The Labute approximate surface area is 34.7 Å². The summed E-state index contributed by atoms with van der Waals surface area (Å²) in [5.41, 5.74) is 0. The summed E-state index contributed by atoms with van der Waals surface area (Å²) in [4.78, 5) is 0. The zero-order valence-corrected chi connectivity index (χ0v) is 4.71. The van der Waals surface area contributed by atoms with Crippen molar-refractivity contribution in [2.24, 2.45) is 5.40 Å². The van der Waals surface area contributed by atoms with E-state index in [1.165, 1.54) is 0 Å². The van der Waals surface area contributed by atoms with Gasteiger partial charge in [0, 0.05) is 0 Å². The summed E-state index contributed by atoms with van der Waals surface area (Å²) in [6, 6.07) is 0. The van der Waals surface area contributed by atoms with Crippen LogP contribution < -0.4 is 5.40 Å². The molecule has 0 amide bonds. The van der Waals surface area contributed by atoms with Crippen LogP contribution in [0.5, 0.6) is 0 Å². The maximum atomic E-state index is 5.07. The van der Waals surface area contributed by atoms with Crippen LogP contribution in [0.3, 0.4) is 0 Å². The van der Waals surface area contributed by atoms with Gasteiger partial charge in [0.05, 0.1) is 9.76 Å². The zero-order chi connectivity index (χ0) is 3.58. The fourth-order valence-electron chi connectivity index (χ4n) is 0. The van der Waals surface area contributed by atoms with Crippen LogP contribution in [0, 0.1) is 0 Å². The number of halogens is 1. The second kappa shape index (κ2) is 1.96. The van der Waals surface area contributed by atoms with Gasteiger partial charge in [-0.2, -0.15) is 11.1 Å². The second-order valence-corrected chi connectivity index (χ2v) is 4.83. The van der Waals surface area contributed by atoms with Crippen molar-refractivity contribution in [1.29, 1.82) is 0 Å². The number of hydrogen-bond donors (Lipinski definition) is 1. The van der Waals surface area contributed by atoms with Crippen LogP contribution in [-0.4, -0.2) is 17.5 Å². The molecule has 4 radical (unpaired) electrons. The summed E-state index contributed by atoms with van der Waals surface area (Å²) >= 11 is 5.07. The largest absolute Gasteiger partial charge is 0.342 e. The normalized spacial score (nSPS) is 9.00. The Kier molecular flexibility index (Phi) is 2.29. The summed E-state index contributed by atoms with van der Waals surface area (Å²) < 4.78 is 0. The molecule has 0 aromatic rings. The third-order valence-corrected chi connectivity index (χ3v) is 0. The monoisotopic (exact) mass is 107 g/mol. The number of nitrogens with two attached hydrogens (primary N) is 1. The van der Waals surface area contributed by atoms with E-state index in [0.717, 1.165) is 0 Å². The molecule has 0 unspecified atom stereocenters. The van der Waals surface area contributed by atoms with E-state index in [0.29, 0.717) is 0 Å². The van der Waals surface area contributed by atoms with Gasteiger partial charge in [-0.05, 0) is 0 Å².